The maximum Gasteiger partial charge on any atom is 0.416 e. The van der Waals surface area contributed by atoms with Crippen LogP contribution in [-0.2, 0) is 39.6 Å². The van der Waals surface area contributed by atoms with Crippen molar-refractivity contribution in [2.24, 2.45) is 0 Å². The van der Waals surface area contributed by atoms with E-state index < -0.39 is 11.7 Å². The molecule has 194 valence electrons. The Balaban J connectivity index is 1.30. The van der Waals surface area contributed by atoms with E-state index in [0.717, 1.165) is 54.5 Å². The lowest BCUT2D eigenvalue weighted by Crippen LogP contribution is -2.37. The van der Waals surface area contributed by atoms with Crippen molar-refractivity contribution in [1.29, 1.82) is 0 Å². The Morgan fingerprint density at radius 2 is 1.61 bits per heavy atom. The number of ether oxygens (including phenoxy) is 3. The number of alkyl halides is 3. The van der Waals surface area contributed by atoms with Crippen molar-refractivity contribution >= 4 is 10.8 Å². The molecule has 4 rings (SSSR count). The molecule has 1 fully saturated rings. The third-order valence-electron chi connectivity index (χ3n) is 6.52. The molecular weight excluding hydrogens is 472 g/mol. The van der Waals surface area contributed by atoms with Gasteiger partial charge in [-0.15, -0.1) is 0 Å². The normalized spacial score (nSPS) is 18.6. The minimum absolute atomic E-state index is 0.00936. The molecular formula is C29H32F4O3. The topological polar surface area (TPSA) is 27.7 Å². The van der Waals surface area contributed by atoms with Crippen LogP contribution >= 0.6 is 0 Å². The summed E-state index contributed by atoms with van der Waals surface area (Å²) in [6, 6.07) is 14.4. The number of fused-ring (bicyclic) bond motifs is 1. The van der Waals surface area contributed by atoms with E-state index in [-0.39, 0.29) is 18.2 Å². The van der Waals surface area contributed by atoms with Crippen molar-refractivity contribution in [2.45, 2.75) is 64.0 Å². The molecule has 7 heteroatoms. The summed E-state index contributed by atoms with van der Waals surface area (Å²) in [5.41, 5.74) is 1.69. The second-order valence-corrected chi connectivity index (χ2v) is 9.27. The first-order chi connectivity index (χ1) is 17.3. The van der Waals surface area contributed by atoms with E-state index in [1.165, 1.54) is 12.1 Å². The molecule has 3 nitrogen and oxygen atoms in total. The van der Waals surface area contributed by atoms with Gasteiger partial charge in [-0.1, -0.05) is 55.8 Å². The Hall–Kier alpha value is -2.48. The lowest BCUT2D eigenvalue weighted by atomic mass is 9.98. The fraction of sp³-hybridized carbons (Fsp3) is 0.448. The average molecular weight is 505 g/mol. The molecule has 36 heavy (non-hydrogen) atoms. The minimum Gasteiger partial charge on any atom is -0.373 e. The monoisotopic (exact) mass is 504 g/mol. The van der Waals surface area contributed by atoms with Gasteiger partial charge in [0.15, 0.2) is 6.29 Å². The van der Waals surface area contributed by atoms with E-state index >= 15 is 4.39 Å². The van der Waals surface area contributed by atoms with Crippen LogP contribution in [0.2, 0.25) is 0 Å². The molecule has 1 aliphatic rings. The molecule has 0 unspecified atom stereocenters. The molecule has 1 heterocycles. The van der Waals surface area contributed by atoms with Crippen LogP contribution in [-0.4, -0.2) is 32.2 Å². The number of unbranched alkanes of at least 4 members (excludes halogenated alkanes) is 1. The van der Waals surface area contributed by atoms with Gasteiger partial charge in [-0.3, -0.25) is 0 Å². The molecule has 0 saturated carbocycles. The molecule has 0 spiro atoms. The van der Waals surface area contributed by atoms with Gasteiger partial charge in [0.25, 0.3) is 0 Å². The van der Waals surface area contributed by atoms with Crippen molar-refractivity contribution in [3.8, 4) is 0 Å². The van der Waals surface area contributed by atoms with Gasteiger partial charge in [-0.25, -0.2) is 4.39 Å². The van der Waals surface area contributed by atoms with E-state index in [1.54, 1.807) is 12.1 Å². The molecule has 0 N–H and O–H groups in total. The Bertz CT molecular complexity index is 1120. The van der Waals surface area contributed by atoms with Gasteiger partial charge in [0.05, 0.1) is 18.8 Å². The first-order valence-electron chi connectivity index (χ1n) is 12.5. The number of aryl methyl sites for hydroxylation is 3. The molecule has 1 aliphatic heterocycles. The number of halogens is 4. The van der Waals surface area contributed by atoms with Crippen LogP contribution < -0.4 is 0 Å². The number of rotatable bonds is 10. The molecule has 1 saturated heterocycles. The maximum absolute atomic E-state index is 15.1. The average Bonchev–Trinajstić information content (AvgIpc) is 2.88. The van der Waals surface area contributed by atoms with Gasteiger partial charge < -0.3 is 14.2 Å². The Kier molecular flexibility index (Phi) is 8.99. The minimum atomic E-state index is -4.36. The number of hydrogen-bond donors (Lipinski definition) is 0. The fourth-order valence-electron chi connectivity index (χ4n) is 4.34. The van der Waals surface area contributed by atoms with Crippen LogP contribution in [0.25, 0.3) is 10.8 Å². The van der Waals surface area contributed by atoms with Crippen molar-refractivity contribution in [2.75, 3.05) is 19.8 Å². The number of hydrogen-bond acceptors (Lipinski definition) is 3. The van der Waals surface area contributed by atoms with Crippen LogP contribution in [0.4, 0.5) is 17.6 Å². The largest absolute Gasteiger partial charge is 0.416 e. The molecule has 3 aromatic rings. The summed E-state index contributed by atoms with van der Waals surface area (Å²) in [5.74, 6) is -0.279. The maximum atomic E-state index is 15.1. The summed E-state index contributed by atoms with van der Waals surface area (Å²) >= 11 is 0. The van der Waals surface area contributed by atoms with Gasteiger partial charge in [-0.05, 0) is 59.9 Å². The zero-order valence-corrected chi connectivity index (χ0v) is 20.5. The van der Waals surface area contributed by atoms with Crippen LogP contribution in [0.5, 0.6) is 0 Å². The van der Waals surface area contributed by atoms with Crippen LogP contribution in [0.3, 0.4) is 0 Å². The highest BCUT2D eigenvalue weighted by atomic mass is 19.4. The fourth-order valence-corrected chi connectivity index (χ4v) is 4.34. The summed E-state index contributed by atoms with van der Waals surface area (Å²) in [6.45, 7) is 3.92. The predicted octanol–water partition coefficient (Wildman–Crippen LogP) is 7.27. The smallest absolute Gasteiger partial charge is 0.373 e. The second kappa shape index (κ2) is 12.2. The Morgan fingerprint density at radius 1 is 0.889 bits per heavy atom. The van der Waals surface area contributed by atoms with Gasteiger partial charge in [0, 0.05) is 18.4 Å². The summed E-state index contributed by atoms with van der Waals surface area (Å²) in [7, 11) is 0. The van der Waals surface area contributed by atoms with Crippen molar-refractivity contribution < 1.29 is 31.8 Å². The highest BCUT2D eigenvalue weighted by Crippen LogP contribution is 2.30. The molecule has 0 radical (unpaired) electrons. The molecule has 0 aliphatic carbocycles. The molecule has 0 atom stereocenters. The van der Waals surface area contributed by atoms with Crippen molar-refractivity contribution in [1.82, 2.24) is 0 Å². The summed E-state index contributed by atoms with van der Waals surface area (Å²) in [4.78, 5) is 0. The third-order valence-corrected chi connectivity index (χ3v) is 6.52. The van der Waals surface area contributed by atoms with E-state index in [9.17, 15) is 13.2 Å². The summed E-state index contributed by atoms with van der Waals surface area (Å²) in [6.07, 6.45) is -0.177. The molecule has 3 aromatic carbocycles. The standard InChI is InChI=1S/C29H32F4O3/c1-2-3-16-34-25-18-35-27(36-19-25)15-8-21-7-14-26-23(17-21)11-10-22(28(26)30)9-4-20-5-12-24(13-6-20)29(31,32)33/h5-7,10-14,17,25,27H,2-4,8-9,15-16,18-19H2,1H3. The van der Waals surface area contributed by atoms with Crippen LogP contribution in [0.1, 0.15) is 48.4 Å². The summed E-state index contributed by atoms with van der Waals surface area (Å²) in [5, 5.41) is 1.36. The predicted molar refractivity (Wildman–Crippen MR) is 131 cm³/mol. The zero-order chi connectivity index (χ0) is 25.5. The lowest BCUT2D eigenvalue weighted by Gasteiger charge is -2.29. The lowest BCUT2D eigenvalue weighted by molar-refractivity contribution is -0.227. The van der Waals surface area contributed by atoms with Crippen molar-refractivity contribution in [3.63, 3.8) is 0 Å². The van der Waals surface area contributed by atoms with E-state index in [1.807, 2.05) is 18.2 Å². The van der Waals surface area contributed by atoms with E-state index in [4.69, 9.17) is 14.2 Å². The highest BCUT2D eigenvalue weighted by Gasteiger charge is 2.30. The van der Waals surface area contributed by atoms with Gasteiger partial charge in [-0.2, -0.15) is 13.2 Å². The van der Waals surface area contributed by atoms with Gasteiger partial charge in [0.2, 0.25) is 0 Å². The van der Waals surface area contributed by atoms with Gasteiger partial charge in [0.1, 0.15) is 11.9 Å². The zero-order valence-electron chi connectivity index (χ0n) is 20.5. The quantitative estimate of drug-likeness (QED) is 0.215. The van der Waals surface area contributed by atoms with Crippen LogP contribution in [0.15, 0.2) is 54.6 Å². The first kappa shape index (κ1) is 26.6. The summed E-state index contributed by atoms with van der Waals surface area (Å²) < 4.78 is 70.7. The van der Waals surface area contributed by atoms with Crippen LogP contribution in [0, 0.1) is 5.82 Å². The Morgan fingerprint density at radius 3 is 2.31 bits per heavy atom. The highest BCUT2D eigenvalue weighted by molar-refractivity contribution is 5.84. The van der Waals surface area contributed by atoms with Crippen molar-refractivity contribution in [3.05, 3.63) is 82.7 Å². The SMILES string of the molecule is CCCCOC1COC(CCc2ccc3c(F)c(CCc4ccc(C(F)(F)F)cc4)ccc3c2)OC1. The third kappa shape index (κ3) is 7.05. The Labute approximate surface area is 209 Å². The molecule has 0 bridgehead atoms. The van der Waals surface area contributed by atoms with E-state index in [2.05, 4.69) is 6.92 Å². The molecule has 0 amide bonds. The first-order valence-corrected chi connectivity index (χ1v) is 12.5. The molecule has 0 aromatic heterocycles. The van der Waals surface area contributed by atoms with E-state index in [0.29, 0.717) is 43.4 Å². The second-order valence-electron chi connectivity index (χ2n) is 9.27. The van der Waals surface area contributed by atoms with Gasteiger partial charge >= 0.3 is 6.18 Å². The number of benzene rings is 3.